The first-order valence-electron chi connectivity index (χ1n) is 6.24. The predicted octanol–water partition coefficient (Wildman–Crippen LogP) is 1.82. The normalized spacial score (nSPS) is 9.96. The van der Waals surface area contributed by atoms with Gasteiger partial charge in [-0.2, -0.15) is 0 Å². The van der Waals surface area contributed by atoms with Crippen LogP contribution in [0.15, 0.2) is 35.6 Å². The fraction of sp³-hybridized carbons (Fsp3) is 0.231. The average Bonchev–Trinajstić information content (AvgIpc) is 2.85. The van der Waals surface area contributed by atoms with Gasteiger partial charge in [0.05, 0.1) is 19.2 Å². The van der Waals surface area contributed by atoms with E-state index in [2.05, 4.69) is 4.98 Å². The van der Waals surface area contributed by atoms with Crippen molar-refractivity contribution in [2.75, 3.05) is 12.4 Å². The molecular weight excluding hydrogens is 333 g/mol. The number of hydrogen-bond donors (Lipinski definition) is 1. The second-order valence-corrected chi connectivity index (χ2v) is 5.30. The van der Waals surface area contributed by atoms with Crippen molar-refractivity contribution in [2.45, 2.75) is 5.16 Å². The first-order valence-corrected chi connectivity index (χ1v) is 7.22. The number of aromatic nitrogens is 2. The maximum Gasteiger partial charge on any atom is 0.343 e. The number of carboxylic acid groups (broad SMARTS) is 1. The Labute approximate surface area is 158 Å². The molecule has 1 radical (unpaired) electrons. The SMILES string of the molecule is Cn1c([N+](=O)[O-])cnc1SCCOc1ccc(C(=O)O)cc1.[Na]. The molecule has 0 unspecified atom stereocenters. The second-order valence-electron chi connectivity index (χ2n) is 4.24. The van der Waals surface area contributed by atoms with E-state index < -0.39 is 10.9 Å². The molecule has 8 nitrogen and oxygen atoms in total. The van der Waals surface area contributed by atoms with Crippen LogP contribution in [0, 0.1) is 10.1 Å². The minimum absolute atomic E-state index is 0. The Morgan fingerprint density at radius 2 is 2.09 bits per heavy atom. The molecule has 23 heavy (non-hydrogen) atoms. The van der Waals surface area contributed by atoms with Crippen molar-refractivity contribution in [3.8, 4) is 5.75 Å². The largest absolute Gasteiger partial charge is 0.493 e. The molecule has 1 heterocycles. The van der Waals surface area contributed by atoms with Gasteiger partial charge in [0.2, 0.25) is 0 Å². The van der Waals surface area contributed by atoms with Crippen molar-refractivity contribution in [1.29, 1.82) is 0 Å². The van der Waals surface area contributed by atoms with Crippen LogP contribution >= 0.6 is 11.8 Å². The standard InChI is InChI=1S/C13H13N3O5S.Na/c1-15-11(16(19)20)8-14-13(15)22-7-6-21-10-4-2-9(3-5-10)12(17)18;/h2-5,8H,6-7H2,1H3,(H,17,18);. The first-order chi connectivity index (χ1) is 10.5. The summed E-state index contributed by atoms with van der Waals surface area (Å²) >= 11 is 1.34. The van der Waals surface area contributed by atoms with E-state index in [1.807, 2.05) is 0 Å². The number of ether oxygens (including phenoxy) is 1. The van der Waals surface area contributed by atoms with Gasteiger partial charge in [-0.1, -0.05) is 11.8 Å². The fourth-order valence-electron chi connectivity index (χ4n) is 1.67. The zero-order valence-electron chi connectivity index (χ0n) is 12.6. The third-order valence-corrected chi connectivity index (χ3v) is 3.80. The van der Waals surface area contributed by atoms with E-state index >= 15 is 0 Å². The van der Waals surface area contributed by atoms with Crippen LogP contribution in [0.4, 0.5) is 5.82 Å². The summed E-state index contributed by atoms with van der Waals surface area (Å²) < 4.78 is 6.88. The number of thioether (sulfide) groups is 1. The van der Waals surface area contributed by atoms with Gasteiger partial charge in [0.1, 0.15) is 11.9 Å². The zero-order valence-corrected chi connectivity index (χ0v) is 15.4. The van der Waals surface area contributed by atoms with E-state index in [0.717, 1.165) is 0 Å². The number of carbonyl (C=O) groups is 1. The summed E-state index contributed by atoms with van der Waals surface area (Å²) in [6, 6.07) is 6.10. The number of nitrogens with zero attached hydrogens (tertiary/aromatic N) is 3. The molecule has 0 aliphatic rings. The molecule has 0 bridgehead atoms. The number of nitro groups is 1. The van der Waals surface area contributed by atoms with Crippen LogP contribution < -0.4 is 4.74 Å². The Kier molecular flexibility index (Phi) is 7.56. The van der Waals surface area contributed by atoms with Crippen molar-refractivity contribution in [2.24, 2.45) is 7.05 Å². The summed E-state index contributed by atoms with van der Waals surface area (Å²) in [5.74, 6) is 0.0745. The molecule has 0 spiro atoms. The topological polar surface area (TPSA) is 107 Å². The van der Waals surface area contributed by atoms with Gasteiger partial charge < -0.3 is 20.0 Å². The molecule has 0 saturated carbocycles. The molecule has 0 aliphatic carbocycles. The van der Waals surface area contributed by atoms with Crippen molar-refractivity contribution in [1.82, 2.24) is 9.55 Å². The Bertz CT molecular complexity index is 689. The van der Waals surface area contributed by atoms with E-state index in [4.69, 9.17) is 9.84 Å². The van der Waals surface area contributed by atoms with Gasteiger partial charge in [-0.15, -0.1) is 0 Å². The van der Waals surface area contributed by atoms with Crippen LogP contribution in [0.2, 0.25) is 0 Å². The minimum Gasteiger partial charge on any atom is -0.493 e. The van der Waals surface area contributed by atoms with E-state index in [9.17, 15) is 14.9 Å². The maximum atomic E-state index is 10.7. The van der Waals surface area contributed by atoms with Gasteiger partial charge in [0, 0.05) is 35.3 Å². The smallest absolute Gasteiger partial charge is 0.343 e. The Balaban J connectivity index is 0.00000264. The number of hydrogen-bond acceptors (Lipinski definition) is 6. The predicted molar refractivity (Wildman–Crippen MR) is 85.2 cm³/mol. The molecular formula is C13H13N3NaO5S. The molecule has 0 amide bonds. The molecule has 117 valence electrons. The van der Waals surface area contributed by atoms with E-state index in [-0.39, 0.29) is 40.9 Å². The summed E-state index contributed by atoms with van der Waals surface area (Å²) in [7, 11) is 1.58. The fourth-order valence-corrected chi connectivity index (χ4v) is 2.44. The summed E-state index contributed by atoms with van der Waals surface area (Å²) in [6.07, 6.45) is 1.22. The van der Waals surface area contributed by atoms with Crippen molar-refractivity contribution < 1.29 is 19.6 Å². The molecule has 1 aromatic heterocycles. The van der Waals surface area contributed by atoms with Crippen LogP contribution in [-0.2, 0) is 7.05 Å². The molecule has 2 aromatic rings. The monoisotopic (exact) mass is 346 g/mol. The third-order valence-electron chi connectivity index (χ3n) is 2.79. The van der Waals surface area contributed by atoms with Gasteiger partial charge in [0.25, 0.3) is 5.16 Å². The summed E-state index contributed by atoms with van der Waals surface area (Å²) in [5, 5.41) is 20.0. The quantitative estimate of drug-likeness (QED) is 0.268. The number of rotatable bonds is 7. The van der Waals surface area contributed by atoms with Crippen LogP contribution in [0.3, 0.4) is 0 Å². The molecule has 0 aliphatic heterocycles. The number of aromatic carboxylic acids is 1. The molecule has 0 saturated heterocycles. The third kappa shape index (κ3) is 5.24. The van der Waals surface area contributed by atoms with Gasteiger partial charge in [-0.05, 0) is 29.2 Å². The van der Waals surface area contributed by atoms with Crippen molar-refractivity contribution >= 4 is 53.1 Å². The Hall–Kier alpha value is -1.55. The van der Waals surface area contributed by atoms with E-state index in [1.165, 1.54) is 34.7 Å². The van der Waals surface area contributed by atoms with Crippen molar-refractivity contribution in [3.05, 3.63) is 46.1 Å². The zero-order chi connectivity index (χ0) is 16.1. The number of imidazole rings is 1. The molecule has 10 heteroatoms. The van der Waals surface area contributed by atoms with Gasteiger partial charge in [-0.25, -0.2) is 14.3 Å². The molecule has 1 N–H and O–H groups in total. The van der Waals surface area contributed by atoms with Crippen LogP contribution in [-0.4, -0.2) is 67.5 Å². The number of benzene rings is 1. The number of carboxylic acids is 1. The Morgan fingerprint density at radius 3 is 2.61 bits per heavy atom. The second kappa shape index (κ2) is 8.92. The van der Waals surface area contributed by atoms with Gasteiger partial charge in [-0.3, -0.25) is 0 Å². The van der Waals surface area contributed by atoms with Gasteiger partial charge in [0.15, 0.2) is 0 Å². The Morgan fingerprint density at radius 1 is 1.43 bits per heavy atom. The molecule has 0 atom stereocenters. The minimum atomic E-state index is -0.988. The van der Waals surface area contributed by atoms with Crippen LogP contribution in [0.25, 0.3) is 0 Å². The van der Waals surface area contributed by atoms with E-state index in [0.29, 0.717) is 23.3 Å². The molecule has 0 fully saturated rings. The maximum absolute atomic E-state index is 10.7. The van der Waals surface area contributed by atoms with Crippen LogP contribution in [0.5, 0.6) is 5.75 Å². The molecule has 1 aromatic carbocycles. The van der Waals surface area contributed by atoms with E-state index in [1.54, 1.807) is 19.2 Å². The molecule has 2 rings (SSSR count). The summed E-state index contributed by atoms with van der Waals surface area (Å²) in [4.78, 5) is 24.9. The average molecular weight is 346 g/mol. The van der Waals surface area contributed by atoms with Crippen molar-refractivity contribution in [3.63, 3.8) is 0 Å². The first kappa shape index (κ1) is 19.5. The van der Waals surface area contributed by atoms with Gasteiger partial charge >= 0.3 is 11.8 Å². The summed E-state index contributed by atoms with van der Waals surface area (Å²) in [5.41, 5.74) is 0.196. The van der Waals surface area contributed by atoms with Crippen LogP contribution in [0.1, 0.15) is 10.4 Å². The summed E-state index contributed by atoms with van der Waals surface area (Å²) in [6.45, 7) is 0.373.